The van der Waals surface area contributed by atoms with E-state index in [9.17, 15) is 0 Å². The highest BCUT2D eigenvalue weighted by Gasteiger charge is 2.44. The number of nitrogens with zero attached hydrogens (tertiary/aromatic N) is 2. The Morgan fingerprint density at radius 1 is 1.14 bits per heavy atom. The van der Waals surface area contributed by atoms with Gasteiger partial charge in [0.05, 0.1) is 12.1 Å². The monoisotopic (exact) mass is 182 g/mol. The maximum atomic E-state index is 8.73. The predicted molar refractivity (Wildman–Crippen MR) is 52.0 cm³/mol. The van der Waals surface area contributed by atoms with Crippen molar-refractivity contribution in [1.29, 1.82) is 10.5 Å². The largest absolute Gasteiger partial charge is 0.197 e. The van der Waals surface area contributed by atoms with Gasteiger partial charge in [-0.3, -0.25) is 0 Å². The van der Waals surface area contributed by atoms with Crippen LogP contribution in [0.2, 0.25) is 0 Å². The summed E-state index contributed by atoms with van der Waals surface area (Å²) in [5, 5.41) is 17.5. The molecule has 2 nitrogen and oxygen atoms in total. The summed E-state index contributed by atoms with van der Waals surface area (Å²) in [6.07, 6.45) is 0.982. The van der Waals surface area contributed by atoms with Crippen molar-refractivity contribution in [3.05, 3.63) is 35.9 Å². The van der Waals surface area contributed by atoms with E-state index < -0.39 is 5.92 Å². The molecule has 68 valence electrons. The fraction of sp³-hybridized carbons (Fsp3) is 0.333. The molecule has 1 aliphatic rings. The molecule has 2 atom stereocenters. The Balaban J connectivity index is 2.08. The summed E-state index contributed by atoms with van der Waals surface area (Å²) in [5.41, 5.74) is 1.26. The third-order valence-corrected chi connectivity index (χ3v) is 2.77. The van der Waals surface area contributed by atoms with Gasteiger partial charge in [0.2, 0.25) is 0 Å². The van der Waals surface area contributed by atoms with Crippen LogP contribution >= 0.6 is 0 Å². The van der Waals surface area contributed by atoms with Crippen molar-refractivity contribution in [2.24, 2.45) is 11.8 Å². The van der Waals surface area contributed by atoms with E-state index in [1.54, 1.807) is 0 Å². The highest BCUT2D eigenvalue weighted by molar-refractivity contribution is 5.28. The smallest absolute Gasteiger partial charge is 0.136 e. The van der Waals surface area contributed by atoms with E-state index in [-0.39, 0.29) is 5.92 Å². The Morgan fingerprint density at radius 3 is 2.36 bits per heavy atom. The van der Waals surface area contributed by atoms with Gasteiger partial charge in [-0.15, -0.1) is 0 Å². The third kappa shape index (κ3) is 1.47. The average Bonchev–Trinajstić information content (AvgIpc) is 3.01. The highest BCUT2D eigenvalue weighted by atomic mass is 14.5. The summed E-state index contributed by atoms with van der Waals surface area (Å²) < 4.78 is 0. The summed E-state index contributed by atoms with van der Waals surface area (Å²) in [6.45, 7) is 0. The van der Waals surface area contributed by atoms with Crippen LogP contribution in [0, 0.1) is 34.5 Å². The molecule has 14 heavy (non-hydrogen) atoms. The van der Waals surface area contributed by atoms with Crippen LogP contribution < -0.4 is 0 Å². The van der Waals surface area contributed by atoms with E-state index in [0.29, 0.717) is 5.92 Å². The summed E-state index contributed by atoms with van der Waals surface area (Å²) in [7, 11) is 0. The van der Waals surface area contributed by atoms with E-state index >= 15 is 0 Å². The summed E-state index contributed by atoms with van der Waals surface area (Å²) in [5.74, 6) is 0.258. The second-order valence-electron chi connectivity index (χ2n) is 3.65. The molecule has 2 rings (SSSR count). The molecule has 1 saturated carbocycles. The van der Waals surface area contributed by atoms with Crippen LogP contribution in [0.5, 0.6) is 0 Å². The van der Waals surface area contributed by atoms with Crippen molar-refractivity contribution in [1.82, 2.24) is 0 Å². The van der Waals surface area contributed by atoms with Crippen molar-refractivity contribution in [2.75, 3.05) is 0 Å². The number of rotatable bonds is 2. The molecule has 2 unspecified atom stereocenters. The second-order valence-corrected chi connectivity index (χ2v) is 3.65. The fourth-order valence-electron chi connectivity index (χ4n) is 1.89. The number of hydrogen-bond acceptors (Lipinski definition) is 2. The standard InChI is InChI=1S/C12H10N2/c13-7-10(8-14)12-6-11(12)9-4-2-1-3-5-9/h1-5,10-12H,6H2. The van der Waals surface area contributed by atoms with Crippen LogP contribution in [0.4, 0.5) is 0 Å². The Bertz CT molecular complexity index is 383. The zero-order valence-electron chi connectivity index (χ0n) is 7.72. The molecule has 0 heterocycles. The van der Waals surface area contributed by atoms with Gasteiger partial charge in [0, 0.05) is 0 Å². The van der Waals surface area contributed by atoms with Crippen LogP contribution in [0.25, 0.3) is 0 Å². The molecule has 1 aliphatic carbocycles. The molecule has 0 N–H and O–H groups in total. The quantitative estimate of drug-likeness (QED) is 0.705. The number of benzene rings is 1. The zero-order chi connectivity index (χ0) is 9.97. The number of nitriles is 2. The van der Waals surface area contributed by atoms with Crippen molar-refractivity contribution < 1.29 is 0 Å². The van der Waals surface area contributed by atoms with Crippen LogP contribution in [0.3, 0.4) is 0 Å². The molecule has 0 saturated heterocycles. The molecule has 0 radical (unpaired) electrons. The van der Waals surface area contributed by atoms with Gasteiger partial charge < -0.3 is 0 Å². The Labute approximate surface area is 83.4 Å². The van der Waals surface area contributed by atoms with Gasteiger partial charge in [-0.25, -0.2) is 0 Å². The van der Waals surface area contributed by atoms with Crippen molar-refractivity contribution >= 4 is 0 Å². The Morgan fingerprint density at radius 2 is 1.79 bits per heavy atom. The van der Waals surface area contributed by atoms with Gasteiger partial charge in [-0.05, 0) is 23.8 Å². The minimum atomic E-state index is -0.430. The highest BCUT2D eigenvalue weighted by Crippen LogP contribution is 2.51. The first-order valence-corrected chi connectivity index (χ1v) is 4.71. The van der Waals surface area contributed by atoms with E-state index in [2.05, 4.69) is 24.3 Å². The summed E-state index contributed by atoms with van der Waals surface area (Å²) in [4.78, 5) is 0. The van der Waals surface area contributed by atoms with Crippen molar-refractivity contribution in [2.45, 2.75) is 12.3 Å². The molecule has 1 fully saturated rings. The lowest BCUT2D eigenvalue weighted by Crippen LogP contribution is -1.97. The van der Waals surface area contributed by atoms with Crippen molar-refractivity contribution in [3.63, 3.8) is 0 Å². The zero-order valence-corrected chi connectivity index (χ0v) is 7.72. The van der Waals surface area contributed by atoms with Crippen LogP contribution in [0.1, 0.15) is 17.9 Å². The molecule has 0 amide bonds. The molecular formula is C12H10N2. The van der Waals surface area contributed by atoms with Gasteiger partial charge in [0.25, 0.3) is 0 Å². The number of hydrogen-bond donors (Lipinski definition) is 0. The SMILES string of the molecule is N#CC(C#N)C1CC1c1ccccc1. The van der Waals surface area contributed by atoms with Gasteiger partial charge in [-0.2, -0.15) is 10.5 Å². The first-order chi connectivity index (χ1) is 6.86. The molecule has 0 aromatic heterocycles. The first kappa shape index (κ1) is 8.78. The lowest BCUT2D eigenvalue weighted by Gasteiger charge is -1.99. The molecule has 2 heteroatoms. The summed E-state index contributed by atoms with van der Waals surface area (Å²) in [6, 6.07) is 14.2. The minimum absolute atomic E-state index is 0.257. The average molecular weight is 182 g/mol. The molecular weight excluding hydrogens is 172 g/mol. The summed E-state index contributed by atoms with van der Waals surface area (Å²) >= 11 is 0. The van der Waals surface area contributed by atoms with Crippen molar-refractivity contribution in [3.8, 4) is 12.1 Å². The first-order valence-electron chi connectivity index (χ1n) is 4.71. The second kappa shape index (κ2) is 3.52. The minimum Gasteiger partial charge on any atom is -0.197 e. The lowest BCUT2D eigenvalue weighted by molar-refractivity contribution is 0.696. The topological polar surface area (TPSA) is 47.6 Å². The molecule has 1 aromatic carbocycles. The van der Waals surface area contributed by atoms with Gasteiger partial charge in [0.1, 0.15) is 5.92 Å². The van der Waals surface area contributed by atoms with Gasteiger partial charge in [0.15, 0.2) is 0 Å². The maximum Gasteiger partial charge on any atom is 0.136 e. The van der Waals surface area contributed by atoms with Gasteiger partial charge in [-0.1, -0.05) is 30.3 Å². The fourth-order valence-corrected chi connectivity index (χ4v) is 1.89. The van der Waals surface area contributed by atoms with Gasteiger partial charge >= 0.3 is 0 Å². The van der Waals surface area contributed by atoms with Crippen LogP contribution in [-0.4, -0.2) is 0 Å². The predicted octanol–water partition coefficient (Wildman–Crippen LogP) is 2.45. The molecule has 0 bridgehead atoms. The Kier molecular flexibility index (Phi) is 2.21. The Hall–Kier alpha value is -1.80. The van der Waals surface area contributed by atoms with E-state index in [4.69, 9.17) is 10.5 Å². The molecule has 1 aromatic rings. The molecule has 0 spiro atoms. The van der Waals surface area contributed by atoms with E-state index in [1.165, 1.54) is 5.56 Å². The van der Waals surface area contributed by atoms with E-state index in [1.807, 2.05) is 18.2 Å². The van der Waals surface area contributed by atoms with Crippen LogP contribution in [0.15, 0.2) is 30.3 Å². The third-order valence-electron chi connectivity index (χ3n) is 2.77. The van der Waals surface area contributed by atoms with E-state index in [0.717, 1.165) is 6.42 Å². The molecule has 0 aliphatic heterocycles. The lowest BCUT2D eigenvalue weighted by atomic mass is 10.0. The maximum absolute atomic E-state index is 8.73. The normalized spacial score (nSPS) is 23.9. The van der Waals surface area contributed by atoms with Crippen LogP contribution in [-0.2, 0) is 0 Å².